The second kappa shape index (κ2) is 5.33. The average molecular weight is 271 g/mol. The number of nitrogens with zero attached hydrogens (tertiary/aromatic N) is 1. The van der Waals surface area contributed by atoms with Gasteiger partial charge in [0.1, 0.15) is 0 Å². The lowest BCUT2D eigenvalue weighted by atomic mass is 9.98. The maximum Gasteiger partial charge on any atom is 0.335 e. The molecule has 2 rings (SSSR count). The molecule has 104 valence electrons. The van der Waals surface area contributed by atoms with E-state index in [-0.39, 0.29) is 5.56 Å². The molecule has 0 aliphatic carbocycles. The molecule has 1 N–H and O–H groups in total. The highest BCUT2D eigenvalue weighted by molar-refractivity contribution is 5.90. The lowest BCUT2D eigenvalue weighted by molar-refractivity contribution is 0.0696. The number of carboxylic acids is 1. The summed E-state index contributed by atoms with van der Waals surface area (Å²) < 4.78 is 1.54. The van der Waals surface area contributed by atoms with E-state index in [4.69, 9.17) is 5.11 Å². The fourth-order valence-electron chi connectivity index (χ4n) is 2.31. The summed E-state index contributed by atoms with van der Waals surface area (Å²) in [5.41, 5.74) is 3.61. The van der Waals surface area contributed by atoms with E-state index in [0.717, 1.165) is 16.7 Å². The lowest BCUT2D eigenvalue weighted by Gasteiger charge is -2.10. The molecule has 1 aromatic heterocycles. The maximum absolute atomic E-state index is 11.7. The molecule has 0 atom stereocenters. The Morgan fingerprint density at radius 3 is 2.50 bits per heavy atom. The molecular weight excluding hydrogens is 254 g/mol. The molecule has 0 amide bonds. The highest BCUT2D eigenvalue weighted by Crippen LogP contribution is 2.23. The molecule has 0 fully saturated rings. The number of aromatic nitrogens is 1. The van der Waals surface area contributed by atoms with Gasteiger partial charge in [0, 0.05) is 18.8 Å². The Bertz CT molecular complexity index is 703. The fraction of sp³-hybridized carbons (Fsp3) is 0.250. The first-order valence-corrected chi connectivity index (χ1v) is 6.48. The number of hydrogen-bond acceptors (Lipinski definition) is 2. The van der Waals surface area contributed by atoms with Crippen molar-refractivity contribution in [3.8, 4) is 11.1 Å². The van der Waals surface area contributed by atoms with Crippen LogP contribution in [0.2, 0.25) is 0 Å². The average Bonchev–Trinajstić information content (AvgIpc) is 2.43. The number of benzene rings is 1. The molecule has 1 heterocycles. The van der Waals surface area contributed by atoms with Crippen LogP contribution in [0.4, 0.5) is 0 Å². The highest BCUT2D eigenvalue weighted by Gasteiger charge is 2.11. The Labute approximate surface area is 117 Å². The van der Waals surface area contributed by atoms with Crippen LogP contribution in [0.15, 0.2) is 35.3 Å². The van der Waals surface area contributed by atoms with Crippen LogP contribution in [0.1, 0.15) is 28.4 Å². The van der Waals surface area contributed by atoms with Crippen molar-refractivity contribution in [3.05, 3.63) is 57.5 Å². The Morgan fingerprint density at radius 2 is 1.95 bits per heavy atom. The summed E-state index contributed by atoms with van der Waals surface area (Å²) >= 11 is 0. The molecule has 2 aromatic rings. The number of carboxylic acid groups (broad SMARTS) is 1. The Kier molecular flexibility index (Phi) is 3.74. The normalized spacial score (nSPS) is 10.6. The first-order valence-electron chi connectivity index (χ1n) is 6.48. The summed E-state index contributed by atoms with van der Waals surface area (Å²) in [5.74, 6) is -0.912. The van der Waals surface area contributed by atoms with Crippen molar-refractivity contribution in [2.75, 3.05) is 0 Å². The second-order valence-corrected chi connectivity index (χ2v) is 4.86. The number of hydrogen-bond donors (Lipinski definition) is 1. The zero-order valence-electron chi connectivity index (χ0n) is 11.8. The molecule has 20 heavy (non-hydrogen) atoms. The minimum Gasteiger partial charge on any atom is -0.478 e. The van der Waals surface area contributed by atoms with Crippen molar-refractivity contribution in [1.82, 2.24) is 4.57 Å². The summed E-state index contributed by atoms with van der Waals surface area (Å²) in [6.45, 7) is 3.70. The molecule has 0 unspecified atom stereocenters. The van der Waals surface area contributed by atoms with Crippen LogP contribution in [0, 0.1) is 6.92 Å². The molecule has 0 aliphatic rings. The number of pyridine rings is 1. The van der Waals surface area contributed by atoms with E-state index in [1.54, 1.807) is 36.9 Å². The van der Waals surface area contributed by atoms with Gasteiger partial charge in [0.05, 0.1) is 5.56 Å². The van der Waals surface area contributed by atoms with Gasteiger partial charge in [0.25, 0.3) is 5.56 Å². The van der Waals surface area contributed by atoms with Crippen LogP contribution >= 0.6 is 0 Å². The molecule has 4 nitrogen and oxygen atoms in total. The van der Waals surface area contributed by atoms with Gasteiger partial charge < -0.3 is 9.67 Å². The summed E-state index contributed by atoms with van der Waals surface area (Å²) in [6, 6.07) is 7.11. The van der Waals surface area contributed by atoms with Crippen LogP contribution in [-0.2, 0) is 13.5 Å². The molecule has 0 saturated heterocycles. The van der Waals surface area contributed by atoms with Crippen molar-refractivity contribution >= 4 is 5.97 Å². The Balaban J connectivity index is 2.59. The van der Waals surface area contributed by atoms with Gasteiger partial charge in [-0.05, 0) is 42.2 Å². The number of aromatic carboxylic acids is 1. The second-order valence-electron chi connectivity index (χ2n) is 4.86. The molecular formula is C16H17NO3. The van der Waals surface area contributed by atoms with E-state index in [1.807, 2.05) is 19.1 Å². The van der Waals surface area contributed by atoms with E-state index in [9.17, 15) is 9.59 Å². The summed E-state index contributed by atoms with van der Waals surface area (Å²) in [7, 11) is 1.71. The molecule has 0 radical (unpaired) electrons. The summed E-state index contributed by atoms with van der Waals surface area (Å²) in [4.78, 5) is 22.8. The molecule has 1 aromatic carbocycles. The van der Waals surface area contributed by atoms with Crippen LogP contribution in [0.3, 0.4) is 0 Å². The van der Waals surface area contributed by atoms with Crippen molar-refractivity contribution < 1.29 is 9.90 Å². The molecule has 4 heteroatoms. The Hall–Kier alpha value is -2.36. The van der Waals surface area contributed by atoms with Crippen molar-refractivity contribution in [1.29, 1.82) is 0 Å². The van der Waals surface area contributed by atoms with Gasteiger partial charge in [-0.25, -0.2) is 4.79 Å². The summed E-state index contributed by atoms with van der Waals surface area (Å²) in [6.07, 6.45) is 2.42. The third kappa shape index (κ3) is 2.50. The van der Waals surface area contributed by atoms with E-state index < -0.39 is 5.97 Å². The monoisotopic (exact) mass is 271 g/mol. The fourth-order valence-corrected chi connectivity index (χ4v) is 2.31. The standard InChI is InChI=1S/C16H17NO3/c1-4-11-8-12(5-6-14(11)16(19)20)13-7-10(2)15(18)17(3)9-13/h5-9H,4H2,1-3H3,(H,19,20). The van der Waals surface area contributed by atoms with Gasteiger partial charge >= 0.3 is 5.97 Å². The van der Waals surface area contributed by atoms with E-state index in [0.29, 0.717) is 17.5 Å². The third-order valence-electron chi connectivity index (χ3n) is 3.41. The van der Waals surface area contributed by atoms with Gasteiger partial charge in [0.2, 0.25) is 0 Å². The zero-order valence-corrected chi connectivity index (χ0v) is 11.8. The Morgan fingerprint density at radius 1 is 1.25 bits per heavy atom. The molecule has 0 bridgehead atoms. The van der Waals surface area contributed by atoms with Crippen LogP contribution in [0.5, 0.6) is 0 Å². The third-order valence-corrected chi connectivity index (χ3v) is 3.41. The summed E-state index contributed by atoms with van der Waals surface area (Å²) in [5, 5.41) is 9.14. The topological polar surface area (TPSA) is 59.3 Å². The molecule has 0 spiro atoms. The number of aryl methyl sites for hydroxylation is 3. The minimum absolute atomic E-state index is 0.0216. The number of carbonyl (C=O) groups is 1. The first-order chi connectivity index (χ1) is 9.43. The van der Waals surface area contributed by atoms with Crippen molar-refractivity contribution in [2.45, 2.75) is 20.3 Å². The van der Waals surface area contributed by atoms with Crippen LogP contribution in [-0.4, -0.2) is 15.6 Å². The lowest BCUT2D eigenvalue weighted by Crippen LogP contribution is -2.18. The quantitative estimate of drug-likeness (QED) is 0.933. The number of rotatable bonds is 3. The SMILES string of the molecule is CCc1cc(-c2cc(C)c(=O)n(C)c2)ccc1C(=O)O. The van der Waals surface area contributed by atoms with Crippen LogP contribution in [0.25, 0.3) is 11.1 Å². The van der Waals surface area contributed by atoms with Gasteiger partial charge in [-0.1, -0.05) is 19.1 Å². The molecule has 0 aliphatic heterocycles. The van der Waals surface area contributed by atoms with Gasteiger partial charge in [0.15, 0.2) is 0 Å². The predicted molar refractivity (Wildman–Crippen MR) is 78.2 cm³/mol. The van der Waals surface area contributed by atoms with Gasteiger partial charge in [-0.2, -0.15) is 0 Å². The maximum atomic E-state index is 11.7. The minimum atomic E-state index is -0.912. The van der Waals surface area contributed by atoms with E-state index in [1.165, 1.54) is 0 Å². The van der Waals surface area contributed by atoms with Crippen LogP contribution < -0.4 is 5.56 Å². The van der Waals surface area contributed by atoms with Gasteiger partial charge in [-0.15, -0.1) is 0 Å². The van der Waals surface area contributed by atoms with Crippen molar-refractivity contribution in [3.63, 3.8) is 0 Å². The largest absolute Gasteiger partial charge is 0.478 e. The zero-order chi connectivity index (χ0) is 14.9. The smallest absolute Gasteiger partial charge is 0.335 e. The molecule has 0 saturated carbocycles. The van der Waals surface area contributed by atoms with E-state index >= 15 is 0 Å². The predicted octanol–water partition coefficient (Wildman–Crippen LogP) is 2.62. The van der Waals surface area contributed by atoms with Gasteiger partial charge in [-0.3, -0.25) is 4.79 Å². The van der Waals surface area contributed by atoms with E-state index in [2.05, 4.69) is 0 Å². The van der Waals surface area contributed by atoms with Crippen molar-refractivity contribution in [2.24, 2.45) is 7.05 Å². The first kappa shape index (κ1) is 14.1. The highest BCUT2D eigenvalue weighted by atomic mass is 16.4.